The summed E-state index contributed by atoms with van der Waals surface area (Å²) in [4.78, 5) is 35.8. The van der Waals surface area contributed by atoms with Crippen LogP contribution in [-0.2, 0) is 20.9 Å². The molecule has 7 nitrogen and oxygen atoms in total. The number of ether oxygens (including phenoxy) is 2. The lowest BCUT2D eigenvalue weighted by molar-refractivity contribution is -0.142. The summed E-state index contributed by atoms with van der Waals surface area (Å²) in [5, 5.41) is 5.32. The first kappa shape index (κ1) is 19.4. The largest absolute Gasteiger partial charge is 0.461 e. The van der Waals surface area contributed by atoms with Gasteiger partial charge in [0.2, 0.25) is 0 Å². The lowest BCUT2D eigenvalue weighted by atomic mass is 10.1. The molecule has 1 fully saturated rings. The van der Waals surface area contributed by atoms with Crippen molar-refractivity contribution in [2.24, 2.45) is 0 Å². The molecule has 2 N–H and O–H groups in total. The molecule has 1 heterocycles. The number of nitrogens with one attached hydrogen (secondary N) is 2. The highest BCUT2D eigenvalue weighted by Crippen LogP contribution is 2.18. The van der Waals surface area contributed by atoms with Gasteiger partial charge in [0, 0.05) is 24.9 Å². The molecule has 2 aromatic carbocycles. The zero-order valence-corrected chi connectivity index (χ0v) is 15.3. The first-order valence-corrected chi connectivity index (χ1v) is 9.13. The van der Waals surface area contributed by atoms with Crippen molar-refractivity contribution in [3.8, 4) is 0 Å². The van der Waals surface area contributed by atoms with Crippen LogP contribution in [-0.4, -0.2) is 36.7 Å². The third-order valence-electron chi connectivity index (χ3n) is 4.36. The molecular weight excluding hydrogens is 360 g/mol. The number of rotatable bonds is 7. The molecule has 0 spiro atoms. The van der Waals surface area contributed by atoms with Crippen molar-refractivity contribution >= 4 is 18.0 Å². The van der Waals surface area contributed by atoms with Crippen molar-refractivity contribution in [3.05, 3.63) is 71.8 Å². The number of amides is 2. The highest BCUT2D eigenvalue weighted by Gasteiger charge is 2.35. The predicted molar refractivity (Wildman–Crippen MR) is 101 cm³/mol. The Bertz CT molecular complexity index is 810. The Morgan fingerprint density at radius 3 is 2.43 bits per heavy atom. The van der Waals surface area contributed by atoms with Crippen molar-refractivity contribution < 1.29 is 23.9 Å². The van der Waals surface area contributed by atoms with E-state index in [0.29, 0.717) is 24.9 Å². The minimum Gasteiger partial charge on any atom is -0.461 e. The van der Waals surface area contributed by atoms with E-state index in [4.69, 9.17) is 9.47 Å². The fraction of sp³-hybridized carbons (Fsp3) is 0.286. The maximum absolute atomic E-state index is 12.2. The van der Waals surface area contributed by atoms with Crippen LogP contribution in [0.3, 0.4) is 0 Å². The van der Waals surface area contributed by atoms with Crippen LogP contribution in [0.1, 0.15) is 28.8 Å². The first-order chi connectivity index (χ1) is 13.6. The van der Waals surface area contributed by atoms with Gasteiger partial charge < -0.3 is 20.1 Å². The first-order valence-electron chi connectivity index (χ1n) is 9.13. The molecule has 2 amide bonds. The number of benzene rings is 2. The Kier molecular flexibility index (Phi) is 6.62. The molecule has 2 aromatic rings. The molecule has 146 valence electrons. The SMILES string of the molecule is O=C(NCCC1CC(NC(=O)c2ccccc2)C(=O)O1)OCc1ccccc1. The summed E-state index contributed by atoms with van der Waals surface area (Å²) < 4.78 is 10.4. The second-order valence-corrected chi connectivity index (χ2v) is 6.46. The fourth-order valence-electron chi connectivity index (χ4n) is 2.89. The summed E-state index contributed by atoms with van der Waals surface area (Å²) in [6.45, 7) is 0.504. The lowest BCUT2D eigenvalue weighted by Gasteiger charge is -2.10. The number of cyclic esters (lactones) is 1. The van der Waals surface area contributed by atoms with E-state index in [0.717, 1.165) is 5.56 Å². The van der Waals surface area contributed by atoms with Crippen LogP contribution in [0.2, 0.25) is 0 Å². The quantitative estimate of drug-likeness (QED) is 0.718. The van der Waals surface area contributed by atoms with Gasteiger partial charge in [0.15, 0.2) is 0 Å². The molecule has 1 aliphatic rings. The monoisotopic (exact) mass is 382 g/mol. The van der Waals surface area contributed by atoms with Crippen molar-refractivity contribution in [1.29, 1.82) is 0 Å². The molecule has 0 saturated carbocycles. The van der Waals surface area contributed by atoms with Crippen molar-refractivity contribution in [3.63, 3.8) is 0 Å². The van der Waals surface area contributed by atoms with E-state index < -0.39 is 18.1 Å². The van der Waals surface area contributed by atoms with Crippen LogP contribution in [0, 0.1) is 0 Å². The van der Waals surface area contributed by atoms with E-state index >= 15 is 0 Å². The van der Waals surface area contributed by atoms with E-state index in [1.807, 2.05) is 36.4 Å². The number of hydrogen-bond donors (Lipinski definition) is 2. The van der Waals surface area contributed by atoms with E-state index in [-0.39, 0.29) is 18.6 Å². The lowest BCUT2D eigenvalue weighted by Crippen LogP contribution is -2.38. The maximum Gasteiger partial charge on any atom is 0.407 e. The molecule has 28 heavy (non-hydrogen) atoms. The Hall–Kier alpha value is -3.35. The van der Waals surface area contributed by atoms with Crippen LogP contribution in [0.4, 0.5) is 4.79 Å². The zero-order chi connectivity index (χ0) is 19.8. The maximum atomic E-state index is 12.2. The van der Waals surface area contributed by atoms with Gasteiger partial charge in [0.05, 0.1) is 0 Å². The molecule has 1 saturated heterocycles. The Balaban J connectivity index is 1.36. The highest BCUT2D eigenvalue weighted by molar-refractivity contribution is 5.97. The molecular formula is C21H22N2O5. The molecule has 2 atom stereocenters. The summed E-state index contributed by atoms with van der Waals surface area (Å²) in [7, 11) is 0. The minimum atomic E-state index is -0.678. The van der Waals surface area contributed by atoms with Gasteiger partial charge in [-0.1, -0.05) is 48.5 Å². The van der Waals surface area contributed by atoms with Crippen LogP contribution in [0.5, 0.6) is 0 Å². The number of carbonyl (C=O) groups excluding carboxylic acids is 3. The Labute approximate surface area is 163 Å². The van der Waals surface area contributed by atoms with Gasteiger partial charge in [-0.3, -0.25) is 4.79 Å². The van der Waals surface area contributed by atoms with Crippen LogP contribution in [0.15, 0.2) is 60.7 Å². The number of esters is 1. The topological polar surface area (TPSA) is 93.7 Å². The third kappa shape index (κ3) is 5.57. The minimum absolute atomic E-state index is 0.193. The third-order valence-corrected chi connectivity index (χ3v) is 4.36. The van der Waals surface area contributed by atoms with Crippen LogP contribution >= 0.6 is 0 Å². The standard InChI is InChI=1S/C21H22N2O5/c24-19(16-9-5-2-6-10-16)23-18-13-17(28-20(18)25)11-12-22-21(26)27-14-15-7-3-1-4-8-15/h1-10,17-18H,11-14H2,(H,22,26)(H,23,24). The van der Waals surface area contributed by atoms with Crippen LogP contribution < -0.4 is 10.6 Å². The van der Waals surface area contributed by atoms with Gasteiger partial charge >= 0.3 is 12.1 Å². The normalized spacial score (nSPS) is 18.2. The van der Waals surface area contributed by atoms with Gasteiger partial charge in [0.25, 0.3) is 5.91 Å². The summed E-state index contributed by atoms with van der Waals surface area (Å²) in [6.07, 6.45) is -0.0627. The highest BCUT2D eigenvalue weighted by atomic mass is 16.6. The van der Waals surface area contributed by atoms with Gasteiger partial charge in [-0.25, -0.2) is 9.59 Å². The van der Waals surface area contributed by atoms with Gasteiger partial charge in [-0.05, 0) is 17.7 Å². The Morgan fingerprint density at radius 2 is 1.71 bits per heavy atom. The summed E-state index contributed by atoms with van der Waals surface area (Å²) in [6, 6.07) is 17.4. The number of hydrogen-bond acceptors (Lipinski definition) is 5. The van der Waals surface area contributed by atoms with E-state index in [1.54, 1.807) is 24.3 Å². The van der Waals surface area contributed by atoms with Gasteiger partial charge in [-0.2, -0.15) is 0 Å². The van der Waals surface area contributed by atoms with Crippen LogP contribution in [0.25, 0.3) is 0 Å². The molecule has 3 rings (SSSR count). The summed E-state index contributed by atoms with van der Waals surface area (Å²) in [5.41, 5.74) is 1.39. The average molecular weight is 382 g/mol. The van der Waals surface area contributed by atoms with Gasteiger partial charge in [0.1, 0.15) is 18.8 Å². The second-order valence-electron chi connectivity index (χ2n) is 6.46. The molecule has 0 bridgehead atoms. The molecule has 0 aromatic heterocycles. The van der Waals surface area contributed by atoms with E-state index in [2.05, 4.69) is 10.6 Å². The zero-order valence-electron chi connectivity index (χ0n) is 15.3. The van der Waals surface area contributed by atoms with E-state index in [9.17, 15) is 14.4 Å². The molecule has 0 radical (unpaired) electrons. The smallest absolute Gasteiger partial charge is 0.407 e. The molecule has 0 aliphatic carbocycles. The molecule has 7 heteroatoms. The Morgan fingerprint density at radius 1 is 1.04 bits per heavy atom. The van der Waals surface area contributed by atoms with Crippen molar-refractivity contribution in [2.45, 2.75) is 31.6 Å². The predicted octanol–water partition coefficient (Wildman–Crippen LogP) is 2.42. The molecule has 1 aliphatic heterocycles. The summed E-state index contributed by atoms with van der Waals surface area (Å²) >= 11 is 0. The average Bonchev–Trinajstić information content (AvgIpc) is 3.07. The number of carbonyl (C=O) groups is 3. The summed E-state index contributed by atoms with van der Waals surface area (Å²) in [5.74, 6) is -0.772. The van der Waals surface area contributed by atoms with Gasteiger partial charge in [-0.15, -0.1) is 0 Å². The molecule has 2 unspecified atom stereocenters. The van der Waals surface area contributed by atoms with Crippen molar-refractivity contribution in [1.82, 2.24) is 10.6 Å². The second kappa shape index (κ2) is 9.55. The van der Waals surface area contributed by atoms with Crippen molar-refractivity contribution in [2.75, 3.05) is 6.54 Å². The van der Waals surface area contributed by atoms with E-state index in [1.165, 1.54) is 0 Å². The fourth-order valence-corrected chi connectivity index (χ4v) is 2.89. The number of alkyl carbamates (subject to hydrolysis) is 1.